The van der Waals surface area contributed by atoms with Crippen LogP contribution in [0.3, 0.4) is 0 Å². The Labute approximate surface area is 325 Å². The Hall–Kier alpha value is -7.50. The number of aryl methyl sites for hydroxylation is 1. The molecule has 0 N–H and O–H groups in total. The first-order chi connectivity index (χ1) is 27.7. The molecule has 5 nitrogen and oxygen atoms in total. The van der Waals surface area contributed by atoms with E-state index in [-0.39, 0.29) is 0 Å². The van der Waals surface area contributed by atoms with E-state index < -0.39 is 0 Å². The topological polar surface area (TPSA) is 56.5 Å². The first-order valence-electron chi connectivity index (χ1n) is 18.8. The first-order valence-corrected chi connectivity index (χ1v) is 18.8. The fourth-order valence-electron chi connectivity index (χ4n) is 7.73. The molecular weight excluding hydrogens is 683 g/mol. The largest absolute Gasteiger partial charge is 0.309 e. The highest BCUT2D eigenvalue weighted by Crippen LogP contribution is 2.37. The smallest absolute Gasteiger partial charge is 0.0886 e. The van der Waals surface area contributed by atoms with Crippen LogP contribution in [0.5, 0.6) is 0 Å². The maximum Gasteiger partial charge on any atom is 0.0886 e. The molecule has 5 heterocycles. The van der Waals surface area contributed by atoms with Gasteiger partial charge in [0.1, 0.15) is 0 Å². The molecule has 5 aromatic heterocycles. The maximum absolute atomic E-state index is 5.21. The van der Waals surface area contributed by atoms with Gasteiger partial charge < -0.3 is 4.57 Å². The van der Waals surface area contributed by atoms with E-state index in [1.165, 1.54) is 22.1 Å². The van der Waals surface area contributed by atoms with E-state index >= 15 is 0 Å². The van der Waals surface area contributed by atoms with Gasteiger partial charge in [0.05, 0.1) is 33.8 Å². The lowest BCUT2D eigenvalue weighted by molar-refractivity contribution is 1.17. The molecule has 0 aliphatic rings. The van der Waals surface area contributed by atoms with Gasteiger partial charge in [-0.25, -0.2) is 4.98 Å². The van der Waals surface area contributed by atoms with Crippen molar-refractivity contribution in [2.75, 3.05) is 0 Å². The van der Waals surface area contributed by atoms with Gasteiger partial charge in [-0.1, -0.05) is 103 Å². The van der Waals surface area contributed by atoms with Crippen molar-refractivity contribution >= 4 is 21.8 Å². The summed E-state index contributed by atoms with van der Waals surface area (Å²) in [4.78, 5) is 19.0. The first kappa shape index (κ1) is 33.1. The van der Waals surface area contributed by atoms with E-state index in [9.17, 15) is 0 Å². The number of hydrogen-bond donors (Lipinski definition) is 0. The van der Waals surface area contributed by atoms with E-state index in [1.807, 2.05) is 48.9 Å². The monoisotopic (exact) mass is 717 g/mol. The van der Waals surface area contributed by atoms with E-state index in [0.29, 0.717) is 0 Å². The summed E-state index contributed by atoms with van der Waals surface area (Å²) in [5.41, 5.74) is 17.0. The van der Waals surface area contributed by atoms with Crippen molar-refractivity contribution in [2.24, 2.45) is 0 Å². The van der Waals surface area contributed by atoms with Gasteiger partial charge in [-0.15, -0.1) is 0 Å². The molecule has 0 atom stereocenters. The van der Waals surface area contributed by atoms with Gasteiger partial charge in [0.25, 0.3) is 0 Å². The van der Waals surface area contributed by atoms with Crippen molar-refractivity contribution in [2.45, 2.75) is 6.92 Å². The molecule has 5 heteroatoms. The molecule has 5 aromatic carbocycles. The van der Waals surface area contributed by atoms with Gasteiger partial charge in [-0.2, -0.15) is 0 Å². The van der Waals surface area contributed by atoms with Crippen LogP contribution in [0.2, 0.25) is 0 Å². The fraction of sp³-hybridized carbons (Fsp3) is 0.0196. The summed E-state index contributed by atoms with van der Waals surface area (Å²) in [5, 5.41) is 2.32. The summed E-state index contributed by atoms with van der Waals surface area (Å²) in [6.07, 6.45) is 7.53. The van der Waals surface area contributed by atoms with Crippen LogP contribution >= 0.6 is 0 Å². The van der Waals surface area contributed by atoms with E-state index in [4.69, 9.17) is 9.97 Å². The van der Waals surface area contributed by atoms with Crippen molar-refractivity contribution in [3.63, 3.8) is 0 Å². The average molecular weight is 718 g/mol. The third-order valence-corrected chi connectivity index (χ3v) is 10.6. The predicted molar refractivity (Wildman–Crippen MR) is 229 cm³/mol. The number of rotatable bonds is 7. The summed E-state index contributed by atoms with van der Waals surface area (Å²) in [6, 6.07) is 59.6. The summed E-state index contributed by atoms with van der Waals surface area (Å²) in [5.74, 6) is 0. The van der Waals surface area contributed by atoms with Gasteiger partial charge in [-0.3, -0.25) is 15.0 Å². The quantitative estimate of drug-likeness (QED) is 0.165. The molecule has 0 radical (unpaired) electrons. The van der Waals surface area contributed by atoms with Crippen molar-refractivity contribution < 1.29 is 0 Å². The van der Waals surface area contributed by atoms with Crippen LogP contribution in [0.4, 0.5) is 0 Å². The van der Waals surface area contributed by atoms with Gasteiger partial charge in [0, 0.05) is 52.4 Å². The lowest BCUT2D eigenvalue weighted by Gasteiger charge is -2.14. The lowest BCUT2D eigenvalue weighted by atomic mass is 9.93. The van der Waals surface area contributed by atoms with Crippen molar-refractivity contribution in [1.82, 2.24) is 24.5 Å². The van der Waals surface area contributed by atoms with Crippen LogP contribution in [-0.4, -0.2) is 24.5 Å². The summed E-state index contributed by atoms with van der Waals surface area (Å²) in [6.45, 7) is 2.19. The Balaban J connectivity index is 1.05. The number of pyridine rings is 4. The average Bonchev–Trinajstić information content (AvgIpc) is 3.61. The standard InChI is InChI=1S/C51H35N5/c1-34-28-38(39-21-24-50-44(29-39)45-33-52-27-25-51(45)56(50)42-12-6-3-7-13-42)19-22-43(34)41-30-48(37-17-15-36(16-18-37)35-10-4-2-5-11-35)55-49(31-41)40-20-23-47(54-32-40)46-14-8-9-26-53-46/h2-33H,1H3. The van der Waals surface area contributed by atoms with E-state index in [1.54, 1.807) is 6.20 Å². The highest BCUT2D eigenvalue weighted by atomic mass is 15.0. The third kappa shape index (κ3) is 6.11. The molecule has 0 fully saturated rings. The van der Waals surface area contributed by atoms with Crippen LogP contribution in [0.15, 0.2) is 195 Å². The molecule has 0 saturated heterocycles. The molecule has 0 amide bonds. The molecule has 0 aliphatic heterocycles. The minimum Gasteiger partial charge on any atom is -0.309 e. The highest BCUT2D eigenvalue weighted by Gasteiger charge is 2.16. The number of hydrogen-bond acceptors (Lipinski definition) is 4. The third-order valence-electron chi connectivity index (χ3n) is 10.6. The van der Waals surface area contributed by atoms with Crippen LogP contribution in [0.1, 0.15) is 5.56 Å². The number of para-hydroxylation sites is 1. The Kier molecular flexibility index (Phi) is 8.30. The summed E-state index contributed by atoms with van der Waals surface area (Å²) in [7, 11) is 0. The number of fused-ring (bicyclic) bond motifs is 3. The molecule has 0 unspecified atom stereocenters. The van der Waals surface area contributed by atoms with Crippen molar-refractivity contribution in [3.05, 3.63) is 200 Å². The molecule has 0 aliphatic carbocycles. The van der Waals surface area contributed by atoms with Crippen LogP contribution in [0, 0.1) is 6.92 Å². The number of nitrogens with zero attached hydrogens (tertiary/aromatic N) is 5. The van der Waals surface area contributed by atoms with Crippen LogP contribution < -0.4 is 0 Å². The van der Waals surface area contributed by atoms with E-state index in [0.717, 1.165) is 78.3 Å². The highest BCUT2D eigenvalue weighted by molar-refractivity contribution is 6.10. The minimum atomic E-state index is 0.827. The van der Waals surface area contributed by atoms with Gasteiger partial charge >= 0.3 is 0 Å². The van der Waals surface area contributed by atoms with Gasteiger partial charge in [0.15, 0.2) is 0 Å². The fourth-order valence-corrected chi connectivity index (χ4v) is 7.73. The normalized spacial score (nSPS) is 11.3. The lowest BCUT2D eigenvalue weighted by Crippen LogP contribution is -1.94. The second kappa shape index (κ2) is 14.0. The summed E-state index contributed by atoms with van der Waals surface area (Å²) >= 11 is 0. The minimum absolute atomic E-state index is 0.827. The zero-order chi connectivity index (χ0) is 37.4. The second-order valence-electron chi connectivity index (χ2n) is 14.0. The Morgan fingerprint density at radius 2 is 1.04 bits per heavy atom. The Morgan fingerprint density at radius 3 is 1.79 bits per heavy atom. The maximum atomic E-state index is 5.21. The van der Waals surface area contributed by atoms with Gasteiger partial charge in [0.2, 0.25) is 0 Å². The molecule has 0 saturated carbocycles. The second-order valence-corrected chi connectivity index (χ2v) is 14.0. The SMILES string of the molecule is Cc1cc(-c2ccc3c(c2)c2cnccc2n3-c2ccccc2)ccc1-c1cc(-c2ccc(-c3ccccc3)cc2)nc(-c2ccc(-c3ccccn3)nc2)c1. The predicted octanol–water partition coefficient (Wildman–Crippen LogP) is 12.7. The molecule has 264 valence electrons. The van der Waals surface area contributed by atoms with Crippen molar-refractivity contribution in [1.29, 1.82) is 0 Å². The number of benzene rings is 5. The number of aromatic nitrogens is 5. The van der Waals surface area contributed by atoms with Crippen molar-refractivity contribution in [3.8, 4) is 73.0 Å². The van der Waals surface area contributed by atoms with E-state index in [2.05, 4.69) is 161 Å². The molecule has 10 aromatic rings. The zero-order valence-electron chi connectivity index (χ0n) is 30.7. The van der Waals surface area contributed by atoms with Crippen LogP contribution in [0.25, 0.3) is 94.8 Å². The zero-order valence-corrected chi connectivity index (χ0v) is 30.7. The Morgan fingerprint density at radius 1 is 0.393 bits per heavy atom. The van der Waals surface area contributed by atoms with Crippen LogP contribution in [-0.2, 0) is 0 Å². The Bertz CT molecular complexity index is 2890. The molecule has 0 spiro atoms. The molecule has 0 bridgehead atoms. The molecule has 10 rings (SSSR count). The summed E-state index contributed by atoms with van der Waals surface area (Å²) < 4.78 is 2.32. The molecule has 56 heavy (non-hydrogen) atoms. The van der Waals surface area contributed by atoms with Gasteiger partial charge in [-0.05, 0) is 113 Å². The molecular formula is C51H35N5.